The van der Waals surface area contributed by atoms with E-state index in [0.717, 1.165) is 6.07 Å². The second-order valence-electron chi connectivity index (χ2n) is 5.84. The van der Waals surface area contributed by atoms with Gasteiger partial charge in [0.2, 0.25) is 0 Å². The van der Waals surface area contributed by atoms with Crippen LogP contribution in [0.4, 0.5) is 10.1 Å². The summed E-state index contributed by atoms with van der Waals surface area (Å²) in [6, 6.07) is 6.07. The average Bonchev–Trinajstić information content (AvgIpc) is 2.45. The topological polar surface area (TPSA) is 79.2 Å². The SMILES string of the molecule is CS(=O)(=O)CC1(CNc2ccc(C#N)cc2F)CCOCC1. The van der Waals surface area contributed by atoms with Crippen molar-refractivity contribution in [2.45, 2.75) is 12.8 Å². The predicted molar refractivity (Wildman–Crippen MR) is 81.8 cm³/mol. The second kappa shape index (κ2) is 6.63. The molecule has 120 valence electrons. The molecule has 7 heteroatoms. The zero-order valence-electron chi connectivity index (χ0n) is 12.4. The lowest BCUT2D eigenvalue weighted by atomic mass is 9.82. The molecule has 0 spiro atoms. The van der Waals surface area contributed by atoms with Gasteiger partial charge in [-0.2, -0.15) is 5.26 Å². The molecule has 0 atom stereocenters. The van der Waals surface area contributed by atoms with Crippen LogP contribution >= 0.6 is 0 Å². The smallest absolute Gasteiger partial charge is 0.148 e. The molecule has 0 aliphatic carbocycles. The fourth-order valence-corrected chi connectivity index (χ4v) is 4.25. The molecule has 1 aliphatic rings. The summed E-state index contributed by atoms with van der Waals surface area (Å²) in [5.74, 6) is -0.463. The van der Waals surface area contributed by atoms with Gasteiger partial charge in [0.25, 0.3) is 0 Å². The van der Waals surface area contributed by atoms with E-state index in [4.69, 9.17) is 10.00 Å². The summed E-state index contributed by atoms with van der Waals surface area (Å²) in [7, 11) is -3.14. The first kappa shape index (κ1) is 16.7. The highest BCUT2D eigenvalue weighted by Gasteiger charge is 2.36. The van der Waals surface area contributed by atoms with Crippen molar-refractivity contribution in [3.05, 3.63) is 29.6 Å². The summed E-state index contributed by atoms with van der Waals surface area (Å²) >= 11 is 0. The molecule has 2 rings (SSSR count). The van der Waals surface area contributed by atoms with Crippen molar-refractivity contribution < 1.29 is 17.5 Å². The molecule has 1 aromatic rings. The number of nitrogens with zero attached hydrogens (tertiary/aromatic N) is 1. The molecule has 1 fully saturated rings. The third-order valence-corrected chi connectivity index (χ3v) is 5.01. The third-order valence-electron chi connectivity index (χ3n) is 3.87. The number of nitrogens with one attached hydrogen (secondary N) is 1. The normalized spacial score (nSPS) is 17.7. The van der Waals surface area contributed by atoms with E-state index in [9.17, 15) is 12.8 Å². The van der Waals surface area contributed by atoms with Crippen molar-refractivity contribution in [2.24, 2.45) is 5.41 Å². The number of anilines is 1. The number of benzene rings is 1. The summed E-state index contributed by atoms with van der Waals surface area (Å²) in [4.78, 5) is 0. The van der Waals surface area contributed by atoms with E-state index in [-0.39, 0.29) is 17.0 Å². The van der Waals surface area contributed by atoms with Gasteiger partial charge in [-0.25, -0.2) is 12.8 Å². The Kier molecular flexibility index (Phi) is 5.04. The summed E-state index contributed by atoms with van der Waals surface area (Å²) in [6.45, 7) is 1.37. The Bertz CT molecular complexity index is 677. The minimum Gasteiger partial charge on any atom is -0.382 e. The second-order valence-corrected chi connectivity index (χ2v) is 7.98. The van der Waals surface area contributed by atoms with Crippen LogP contribution in [0, 0.1) is 22.6 Å². The number of sulfone groups is 1. The van der Waals surface area contributed by atoms with Gasteiger partial charge >= 0.3 is 0 Å². The minimum atomic E-state index is -3.14. The van der Waals surface area contributed by atoms with E-state index in [2.05, 4.69) is 5.32 Å². The maximum atomic E-state index is 13.9. The van der Waals surface area contributed by atoms with Crippen LogP contribution in [-0.4, -0.2) is 40.2 Å². The summed E-state index contributed by atoms with van der Waals surface area (Å²) < 4.78 is 42.6. The molecule has 1 aliphatic heterocycles. The lowest BCUT2D eigenvalue weighted by Crippen LogP contribution is -2.41. The Balaban J connectivity index is 2.13. The van der Waals surface area contributed by atoms with Crippen molar-refractivity contribution in [3.8, 4) is 6.07 Å². The predicted octanol–water partition coefficient (Wildman–Crippen LogP) is 1.95. The molecule has 1 N–H and O–H groups in total. The molecule has 0 aromatic heterocycles. The summed E-state index contributed by atoms with van der Waals surface area (Å²) in [6.07, 6.45) is 2.45. The zero-order chi connectivity index (χ0) is 16.2. The van der Waals surface area contributed by atoms with Gasteiger partial charge < -0.3 is 10.1 Å². The van der Waals surface area contributed by atoms with Crippen LogP contribution in [0.3, 0.4) is 0 Å². The van der Waals surface area contributed by atoms with Crippen molar-refractivity contribution in [2.75, 3.05) is 37.1 Å². The van der Waals surface area contributed by atoms with Gasteiger partial charge in [-0.3, -0.25) is 0 Å². The van der Waals surface area contributed by atoms with Gasteiger partial charge in [0.05, 0.1) is 23.1 Å². The molecule has 0 unspecified atom stereocenters. The molecule has 0 radical (unpaired) electrons. The van der Waals surface area contributed by atoms with E-state index >= 15 is 0 Å². The molecule has 0 bridgehead atoms. The molecule has 5 nitrogen and oxygen atoms in total. The number of ether oxygens (including phenoxy) is 1. The van der Waals surface area contributed by atoms with Crippen molar-refractivity contribution in [1.82, 2.24) is 0 Å². The van der Waals surface area contributed by atoms with Gasteiger partial charge in [-0.1, -0.05) is 0 Å². The largest absolute Gasteiger partial charge is 0.382 e. The van der Waals surface area contributed by atoms with Gasteiger partial charge in [0.1, 0.15) is 15.7 Å². The highest BCUT2D eigenvalue weighted by Crippen LogP contribution is 2.33. The molecule has 1 saturated heterocycles. The first-order valence-electron chi connectivity index (χ1n) is 7.03. The van der Waals surface area contributed by atoms with Crippen molar-refractivity contribution >= 4 is 15.5 Å². The Labute approximate surface area is 130 Å². The van der Waals surface area contributed by atoms with Crippen molar-refractivity contribution in [3.63, 3.8) is 0 Å². The Hall–Kier alpha value is -1.65. The number of hydrogen-bond donors (Lipinski definition) is 1. The number of rotatable bonds is 5. The maximum absolute atomic E-state index is 13.9. The lowest BCUT2D eigenvalue weighted by molar-refractivity contribution is 0.0315. The molecular weight excluding hydrogens is 307 g/mol. The quantitative estimate of drug-likeness (QED) is 0.894. The Morgan fingerprint density at radius 3 is 2.64 bits per heavy atom. The van der Waals surface area contributed by atoms with E-state index in [1.165, 1.54) is 18.4 Å². The molecule has 22 heavy (non-hydrogen) atoms. The highest BCUT2D eigenvalue weighted by atomic mass is 32.2. The van der Waals surface area contributed by atoms with Gasteiger partial charge in [0, 0.05) is 31.4 Å². The van der Waals surface area contributed by atoms with Gasteiger partial charge in [-0.15, -0.1) is 0 Å². The summed E-state index contributed by atoms with van der Waals surface area (Å²) in [5.41, 5.74) is 0.0740. The molecule has 0 saturated carbocycles. The summed E-state index contributed by atoms with van der Waals surface area (Å²) in [5, 5.41) is 11.7. The first-order chi connectivity index (χ1) is 10.3. The van der Waals surface area contributed by atoms with E-state index < -0.39 is 21.1 Å². The Morgan fingerprint density at radius 1 is 1.41 bits per heavy atom. The van der Waals surface area contributed by atoms with E-state index in [1.54, 1.807) is 0 Å². The molecular formula is C15H19FN2O3S. The third kappa shape index (κ3) is 4.42. The van der Waals surface area contributed by atoms with E-state index in [1.807, 2.05) is 6.07 Å². The monoisotopic (exact) mass is 326 g/mol. The van der Waals surface area contributed by atoms with Crippen molar-refractivity contribution in [1.29, 1.82) is 5.26 Å². The van der Waals surface area contributed by atoms with Gasteiger partial charge in [0.15, 0.2) is 0 Å². The Morgan fingerprint density at radius 2 is 2.09 bits per heavy atom. The number of hydrogen-bond acceptors (Lipinski definition) is 5. The fourth-order valence-electron chi connectivity index (χ4n) is 2.74. The average molecular weight is 326 g/mol. The van der Waals surface area contributed by atoms with Crippen LogP contribution < -0.4 is 5.32 Å². The lowest BCUT2D eigenvalue weighted by Gasteiger charge is -2.37. The van der Waals surface area contributed by atoms with Gasteiger partial charge in [-0.05, 0) is 31.0 Å². The standard InChI is InChI=1S/C15H19FN2O3S/c1-22(19,20)11-15(4-6-21-7-5-15)10-18-14-3-2-12(9-17)8-13(14)16/h2-3,8,18H,4-7,10-11H2,1H3. The number of nitriles is 1. The van der Waals surface area contributed by atoms with Crippen LogP contribution in [-0.2, 0) is 14.6 Å². The minimum absolute atomic E-state index is 0.0499. The highest BCUT2D eigenvalue weighted by molar-refractivity contribution is 7.90. The fraction of sp³-hybridized carbons (Fsp3) is 0.533. The zero-order valence-corrected chi connectivity index (χ0v) is 13.2. The first-order valence-corrected chi connectivity index (χ1v) is 9.09. The maximum Gasteiger partial charge on any atom is 0.148 e. The van der Waals surface area contributed by atoms with Crippen LogP contribution in [0.15, 0.2) is 18.2 Å². The van der Waals surface area contributed by atoms with E-state index in [0.29, 0.717) is 32.6 Å². The van der Waals surface area contributed by atoms with Crippen LogP contribution in [0.25, 0.3) is 0 Å². The number of halogens is 1. The molecule has 0 amide bonds. The van der Waals surface area contributed by atoms with Crippen LogP contribution in [0.1, 0.15) is 18.4 Å². The van der Waals surface area contributed by atoms with Crippen LogP contribution in [0.2, 0.25) is 0 Å². The molecule has 1 heterocycles. The van der Waals surface area contributed by atoms with Crippen LogP contribution in [0.5, 0.6) is 0 Å². The molecule has 1 aromatic carbocycles.